The fourth-order valence-electron chi connectivity index (χ4n) is 3.09. The van der Waals surface area contributed by atoms with Gasteiger partial charge in [-0.1, -0.05) is 42.7 Å². The lowest BCUT2D eigenvalue weighted by Gasteiger charge is -2.23. The highest BCUT2D eigenvalue weighted by Crippen LogP contribution is 2.28. The van der Waals surface area contributed by atoms with Crippen molar-refractivity contribution in [3.63, 3.8) is 0 Å². The Kier molecular flexibility index (Phi) is 6.77. The first-order chi connectivity index (χ1) is 14.2. The average molecular weight is 428 g/mol. The van der Waals surface area contributed by atoms with Gasteiger partial charge < -0.3 is 14.2 Å². The first kappa shape index (κ1) is 21.8. The molecule has 3 aromatic rings. The van der Waals surface area contributed by atoms with Crippen molar-refractivity contribution in [3.05, 3.63) is 64.5 Å². The molecule has 1 unspecified atom stereocenters. The Morgan fingerprint density at radius 2 is 1.87 bits per heavy atom. The van der Waals surface area contributed by atoms with E-state index in [1.54, 1.807) is 26.1 Å². The van der Waals surface area contributed by atoms with Crippen molar-refractivity contribution in [1.82, 2.24) is 15.0 Å². The Labute approximate surface area is 181 Å². The van der Waals surface area contributed by atoms with Gasteiger partial charge in [-0.15, -0.1) is 0 Å². The molecule has 0 fully saturated rings. The van der Waals surface area contributed by atoms with Gasteiger partial charge in [0.1, 0.15) is 5.75 Å². The lowest BCUT2D eigenvalue weighted by atomic mass is 10.0. The van der Waals surface area contributed by atoms with E-state index < -0.39 is 6.10 Å². The maximum absolute atomic E-state index is 12.8. The van der Waals surface area contributed by atoms with Crippen LogP contribution in [0, 0.1) is 6.92 Å². The molecule has 0 aliphatic rings. The van der Waals surface area contributed by atoms with E-state index in [1.165, 1.54) is 4.90 Å². The molecule has 0 aliphatic carbocycles. The molecule has 1 aromatic heterocycles. The fraction of sp³-hybridized carbons (Fsp3) is 0.348. The Hall–Kier alpha value is -2.86. The molecule has 0 spiro atoms. The van der Waals surface area contributed by atoms with E-state index in [4.69, 9.17) is 20.9 Å². The first-order valence-electron chi connectivity index (χ1n) is 9.85. The van der Waals surface area contributed by atoms with Crippen LogP contribution < -0.4 is 4.74 Å². The predicted molar refractivity (Wildman–Crippen MR) is 117 cm³/mol. The molecule has 0 bridgehead atoms. The molecule has 2 aromatic carbocycles. The van der Waals surface area contributed by atoms with Crippen LogP contribution in [-0.4, -0.2) is 34.1 Å². The Morgan fingerprint density at radius 1 is 1.17 bits per heavy atom. The minimum atomic E-state index is -0.645. The van der Waals surface area contributed by atoms with Crippen molar-refractivity contribution in [2.24, 2.45) is 0 Å². The summed E-state index contributed by atoms with van der Waals surface area (Å²) < 4.78 is 11.3. The summed E-state index contributed by atoms with van der Waals surface area (Å²) in [6, 6.07) is 13.2. The quantitative estimate of drug-likeness (QED) is 0.515. The third-order valence-electron chi connectivity index (χ3n) is 4.76. The van der Waals surface area contributed by atoms with Gasteiger partial charge in [0.2, 0.25) is 11.7 Å². The Morgan fingerprint density at radius 3 is 2.53 bits per heavy atom. The van der Waals surface area contributed by atoms with Crippen LogP contribution in [-0.2, 0) is 11.3 Å². The van der Waals surface area contributed by atoms with E-state index in [1.807, 2.05) is 31.2 Å². The average Bonchev–Trinajstić information content (AvgIpc) is 3.16. The summed E-state index contributed by atoms with van der Waals surface area (Å²) in [5, 5.41) is 4.62. The van der Waals surface area contributed by atoms with Gasteiger partial charge in [0.05, 0.1) is 6.54 Å². The number of aromatic nitrogens is 2. The summed E-state index contributed by atoms with van der Waals surface area (Å²) in [5.74, 6) is 1.67. The third-order valence-corrected chi connectivity index (χ3v) is 5.01. The fourth-order valence-corrected chi connectivity index (χ4v) is 3.21. The highest BCUT2D eigenvalue weighted by molar-refractivity contribution is 6.30. The second-order valence-electron chi connectivity index (χ2n) is 7.67. The third kappa shape index (κ3) is 5.19. The molecule has 7 heteroatoms. The van der Waals surface area contributed by atoms with E-state index in [0.29, 0.717) is 22.7 Å². The molecule has 30 heavy (non-hydrogen) atoms. The van der Waals surface area contributed by atoms with E-state index >= 15 is 0 Å². The topological polar surface area (TPSA) is 68.5 Å². The summed E-state index contributed by atoms with van der Waals surface area (Å²) in [6.07, 6.45) is -0.645. The van der Waals surface area contributed by atoms with Crippen LogP contribution in [0.15, 0.2) is 47.0 Å². The maximum Gasteiger partial charge on any atom is 0.263 e. The second kappa shape index (κ2) is 9.30. The molecule has 0 saturated carbocycles. The van der Waals surface area contributed by atoms with Gasteiger partial charge >= 0.3 is 0 Å². The molecule has 158 valence electrons. The van der Waals surface area contributed by atoms with E-state index in [9.17, 15) is 4.79 Å². The summed E-state index contributed by atoms with van der Waals surface area (Å²) in [4.78, 5) is 18.7. The van der Waals surface area contributed by atoms with Gasteiger partial charge in [-0.2, -0.15) is 4.98 Å². The van der Waals surface area contributed by atoms with Crippen molar-refractivity contribution in [2.45, 2.75) is 46.3 Å². The van der Waals surface area contributed by atoms with Crippen molar-refractivity contribution in [1.29, 1.82) is 0 Å². The van der Waals surface area contributed by atoms with E-state index in [-0.39, 0.29) is 12.5 Å². The molecule has 0 aliphatic heterocycles. The zero-order valence-electron chi connectivity index (χ0n) is 17.8. The van der Waals surface area contributed by atoms with Crippen LogP contribution in [0.5, 0.6) is 5.75 Å². The number of likely N-dealkylation sites (N-methyl/N-ethyl adjacent to an activating group) is 1. The molecule has 0 N–H and O–H groups in total. The second-order valence-corrected chi connectivity index (χ2v) is 8.11. The molecule has 3 rings (SSSR count). The van der Waals surface area contributed by atoms with E-state index in [2.05, 4.69) is 30.1 Å². The number of rotatable bonds is 7. The number of aryl methyl sites for hydroxylation is 1. The molecule has 1 heterocycles. The largest absolute Gasteiger partial charge is 0.481 e. The Bertz CT molecular complexity index is 1010. The van der Waals surface area contributed by atoms with Crippen molar-refractivity contribution in [3.8, 4) is 17.1 Å². The van der Waals surface area contributed by atoms with Gasteiger partial charge in [0.15, 0.2) is 6.10 Å². The van der Waals surface area contributed by atoms with Crippen molar-refractivity contribution < 1.29 is 14.1 Å². The molecular weight excluding hydrogens is 402 g/mol. The summed E-state index contributed by atoms with van der Waals surface area (Å²) in [5.41, 5.74) is 2.95. The number of halogens is 1. The van der Waals surface area contributed by atoms with Gasteiger partial charge in [-0.05, 0) is 61.2 Å². The number of ether oxygens (including phenoxy) is 1. The standard InChI is InChI=1S/C23H26ClN3O3/c1-14(2)19-11-6-15(3)12-20(19)29-16(4)23(28)27(5)13-21-25-22(26-30-21)17-7-9-18(24)10-8-17/h6-12,14,16H,13H2,1-5H3. The lowest BCUT2D eigenvalue weighted by molar-refractivity contribution is -0.137. The predicted octanol–water partition coefficient (Wildman–Crippen LogP) is 5.25. The van der Waals surface area contributed by atoms with Gasteiger partial charge in [-0.3, -0.25) is 4.79 Å². The maximum atomic E-state index is 12.8. The van der Waals surface area contributed by atoms with Crippen molar-refractivity contribution >= 4 is 17.5 Å². The zero-order valence-corrected chi connectivity index (χ0v) is 18.6. The number of hydrogen-bond donors (Lipinski definition) is 0. The van der Waals surface area contributed by atoms with Crippen LogP contribution in [0.25, 0.3) is 11.4 Å². The van der Waals surface area contributed by atoms with Crippen LogP contribution in [0.2, 0.25) is 5.02 Å². The number of carbonyl (C=O) groups is 1. The molecule has 0 saturated heterocycles. The summed E-state index contributed by atoms with van der Waals surface area (Å²) in [6.45, 7) is 8.15. The monoisotopic (exact) mass is 427 g/mol. The minimum Gasteiger partial charge on any atom is -0.481 e. The smallest absolute Gasteiger partial charge is 0.263 e. The van der Waals surface area contributed by atoms with Gasteiger partial charge in [0, 0.05) is 17.6 Å². The summed E-state index contributed by atoms with van der Waals surface area (Å²) >= 11 is 5.91. The molecule has 6 nitrogen and oxygen atoms in total. The molecule has 1 amide bonds. The summed E-state index contributed by atoms with van der Waals surface area (Å²) in [7, 11) is 1.69. The molecule has 1 atom stereocenters. The number of carbonyl (C=O) groups excluding carboxylic acids is 1. The highest BCUT2D eigenvalue weighted by atomic mass is 35.5. The Balaban J connectivity index is 1.66. The molecular formula is C23H26ClN3O3. The number of hydrogen-bond acceptors (Lipinski definition) is 5. The van der Waals surface area contributed by atoms with Gasteiger partial charge in [-0.25, -0.2) is 0 Å². The van der Waals surface area contributed by atoms with Crippen LogP contribution in [0.3, 0.4) is 0 Å². The first-order valence-corrected chi connectivity index (χ1v) is 10.2. The lowest BCUT2D eigenvalue weighted by Crippen LogP contribution is -2.37. The number of nitrogens with zero attached hydrogens (tertiary/aromatic N) is 3. The van der Waals surface area contributed by atoms with Gasteiger partial charge in [0.25, 0.3) is 5.91 Å². The zero-order chi connectivity index (χ0) is 21.8. The normalized spacial score (nSPS) is 12.1. The van der Waals surface area contributed by atoms with Crippen LogP contribution >= 0.6 is 11.6 Å². The number of benzene rings is 2. The van der Waals surface area contributed by atoms with Crippen LogP contribution in [0.1, 0.15) is 43.7 Å². The van der Waals surface area contributed by atoms with E-state index in [0.717, 1.165) is 22.4 Å². The minimum absolute atomic E-state index is 0.169. The highest BCUT2D eigenvalue weighted by Gasteiger charge is 2.23. The SMILES string of the molecule is Cc1ccc(C(C)C)c(OC(C)C(=O)N(C)Cc2nc(-c3ccc(Cl)cc3)no2)c1. The number of amides is 1. The van der Waals surface area contributed by atoms with Crippen LogP contribution in [0.4, 0.5) is 0 Å². The van der Waals surface area contributed by atoms with Crippen molar-refractivity contribution in [2.75, 3.05) is 7.05 Å². The molecule has 0 radical (unpaired) electrons.